The summed E-state index contributed by atoms with van der Waals surface area (Å²) in [7, 11) is 0. The Bertz CT molecular complexity index is 1260. The summed E-state index contributed by atoms with van der Waals surface area (Å²) in [5.41, 5.74) is 6.50. The molecule has 1 aromatic carbocycles. The lowest BCUT2D eigenvalue weighted by atomic mass is 9.85. The van der Waals surface area contributed by atoms with Crippen molar-refractivity contribution in [3.05, 3.63) is 34.2 Å². The molecule has 2 atom stereocenters. The van der Waals surface area contributed by atoms with Crippen LogP contribution in [0.15, 0.2) is 18.3 Å². The number of alkyl halides is 1. The summed E-state index contributed by atoms with van der Waals surface area (Å²) < 4.78 is 36.1. The Labute approximate surface area is 215 Å². The van der Waals surface area contributed by atoms with E-state index in [4.69, 9.17) is 33.7 Å². The molecule has 3 aromatic rings. The van der Waals surface area contributed by atoms with Crippen LogP contribution >= 0.6 is 23.2 Å². The molecule has 5 rings (SSSR count). The monoisotopic (exact) mass is 539 g/mol. The van der Waals surface area contributed by atoms with E-state index in [0.717, 1.165) is 6.07 Å². The zero-order chi connectivity index (χ0) is 25.4. The SMILES string of the molecule is NC(=O)C1CCC(n2c(Nc3c(F)cc(Cl)cc3Cl)nc3cnc(N[C@@H]4CCOC[C@H]4F)nc32)CC1. The fourth-order valence-electron chi connectivity index (χ4n) is 4.82. The van der Waals surface area contributed by atoms with Crippen molar-refractivity contribution in [2.24, 2.45) is 11.7 Å². The van der Waals surface area contributed by atoms with Gasteiger partial charge >= 0.3 is 0 Å². The van der Waals surface area contributed by atoms with E-state index in [2.05, 4.69) is 25.6 Å². The van der Waals surface area contributed by atoms with Crippen molar-refractivity contribution in [3.63, 3.8) is 0 Å². The van der Waals surface area contributed by atoms with Crippen LogP contribution in [0.25, 0.3) is 11.2 Å². The van der Waals surface area contributed by atoms with Gasteiger partial charge in [-0.15, -0.1) is 0 Å². The summed E-state index contributed by atoms with van der Waals surface area (Å²) in [6.45, 7) is 0.464. The van der Waals surface area contributed by atoms with Gasteiger partial charge in [-0.2, -0.15) is 4.98 Å². The summed E-state index contributed by atoms with van der Waals surface area (Å²) >= 11 is 12.2. The molecule has 1 amide bonds. The minimum Gasteiger partial charge on any atom is -0.378 e. The van der Waals surface area contributed by atoms with Crippen LogP contribution in [0.1, 0.15) is 38.1 Å². The molecule has 0 radical (unpaired) electrons. The summed E-state index contributed by atoms with van der Waals surface area (Å²) in [5, 5.41) is 6.32. The van der Waals surface area contributed by atoms with Crippen molar-refractivity contribution in [1.29, 1.82) is 0 Å². The van der Waals surface area contributed by atoms with Crippen LogP contribution in [-0.2, 0) is 9.53 Å². The molecule has 4 N–H and O–H groups in total. The van der Waals surface area contributed by atoms with Crippen molar-refractivity contribution < 1.29 is 18.3 Å². The zero-order valence-corrected chi connectivity index (χ0v) is 20.7. The Morgan fingerprint density at radius 1 is 1.17 bits per heavy atom. The van der Waals surface area contributed by atoms with E-state index in [-0.39, 0.29) is 46.2 Å². The average Bonchev–Trinajstić information content (AvgIpc) is 3.20. The molecule has 1 aliphatic heterocycles. The van der Waals surface area contributed by atoms with Gasteiger partial charge in [0.2, 0.25) is 17.8 Å². The maximum Gasteiger partial charge on any atom is 0.225 e. The molecule has 1 saturated heterocycles. The Morgan fingerprint density at radius 2 is 1.94 bits per heavy atom. The first-order chi connectivity index (χ1) is 17.3. The maximum absolute atomic E-state index is 14.7. The van der Waals surface area contributed by atoms with Crippen LogP contribution in [-0.4, -0.2) is 50.9 Å². The normalized spacial score (nSPS) is 24.6. The molecule has 2 fully saturated rings. The smallest absolute Gasteiger partial charge is 0.225 e. The standard InChI is InChI=1S/C23H25Cl2F2N7O2/c24-12-7-14(25)19(15(26)8-12)32-23-31-18-9-29-22(30-17-5-6-36-10-16(17)27)33-21(18)34(23)13-3-1-11(2-4-13)20(28)35/h7-9,11,13,16-17H,1-6,10H2,(H2,28,35)(H,31,32)(H,29,30,33)/t11?,13?,16-,17-/m1/s1. The van der Waals surface area contributed by atoms with Gasteiger partial charge in [0.15, 0.2) is 5.65 Å². The molecular formula is C23H25Cl2F2N7O2. The molecule has 0 bridgehead atoms. The third-order valence-corrected chi connectivity index (χ3v) is 7.26. The highest BCUT2D eigenvalue weighted by atomic mass is 35.5. The summed E-state index contributed by atoms with van der Waals surface area (Å²) in [5.74, 6) is -0.575. The van der Waals surface area contributed by atoms with E-state index in [0.29, 0.717) is 55.8 Å². The number of halogens is 4. The number of carbonyl (C=O) groups is 1. The predicted octanol–water partition coefficient (Wildman–Crippen LogP) is 4.77. The third-order valence-electron chi connectivity index (χ3n) is 6.74. The number of primary amides is 1. The van der Waals surface area contributed by atoms with Crippen LogP contribution < -0.4 is 16.4 Å². The Kier molecular flexibility index (Phi) is 7.14. The van der Waals surface area contributed by atoms with Crippen molar-refractivity contribution in [1.82, 2.24) is 19.5 Å². The summed E-state index contributed by atoms with van der Waals surface area (Å²) in [4.78, 5) is 25.2. The average molecular weight is 540 g/mol. The minimum absolute atomic E-state index is 0.0163. The Morgan fingerprint density at radius 3 is 2.64 bits per heavy atom. The van der Waals surface area contributed by atoms with Gasteiger partial charge < -0.3 is 21.1 Å². The van der Waals surface area contributed by atoms with E-state index < -0.39 is 18.0 Å². The number of benzene rings is 1. The van der Waals surface area contributed by atoms with Crippen LogP contribution in [0.4, 0.5) is 26.4 Å². The lowest BCUT2D eigenvalue weighted by Gasteiger charge is -2.29. The number of imidazole rings is 1. The summed E-state index contributed by atoms with van der Waals surface area (Å²) in [6.07, 6.45) is 3.34. The molecule has 13 heteroatoms. The van der Waals surface area contributed by atoms with Crippen molar-refractivity contribution in [3.8, 4) is 0 Å². The number of nitrogens with two attached hydrogens (primary N) is 1. The summed E-state index contributed by atoms with van der Waals surface area (Å²) in [6, 6.07) is 2.02. The van der Waals surface area contributed by atoms with E-state index in [1.807, 2.05) is 4.57 Å². The fourth-order valence-corrected chi connectivity index (χ4v) is 5.33. The van der Waals surface area contributed by atoms with Crippen molar-refractivity contribution >= 4 is 57.9 Å². The number of rotatable bonds is 6. The minimum atomic E-state index is -1.18. The highest BCUT2D eigenvalue weighted by Crippen LogP contribution is 2.38. The van der Waals surface area contributed by atoms with Gasteiger partial charge in [0.05, 0.1) is 29.6 Å². The van der Waals surface area contributed by atoms with E-state index in [1.54, 1.807) is 0 Å². The van der Waals surface area contributed by atoms with Gasteiger partial charge in [-0.05, 0) is 44.2 Å². The Balaban J connectivity index is 1.53. The van der Waals surface area contributed by atoms with Gasteiger partial charge in [0.1, 0.15) is 17.5 Å². The van der Waals surface area contributed by atoms with Gasteiger partial charge in [0.25, 0.3) is 0 Å². The van der Waals surface area contributed by atoms with Gasteiger partial charge in [0, 0.05) is 23.6 Å². The molecule has 192 valence electrons. The molecule has 9 nitrogen and oxygen atoms in total. The second-order valence-electron chi connectivity index (χ2n) is 9.12. The van der Waals surface area contributed by atoms with E-state index >= 15 is 0 Å². The number of aromatic nitrogens is 4. The second kappa shape index (κ2) is 10.3. The van der Waals surface area contributed by atoms with E-state index in [9.17, 15) is 13.6 Å². The number of ether oxygens (including phenoxy) is 1. The number of hydrogen-bond acceptors (Lipinski definition) is 7. The highest BCUT2D eigenvalue weighted by molar-refractivity contribution is 6.36. The number of nitrogens with zero attached hydrogens (tertiary/aromatic N) is 4. The van der Waals surface area contributed by atoms with Crippen LogP contribution in [0.2, 0.25) is 10.0 Å². The third kappa shape index (κ3) is 5.05. The van der Waals surface area contributed by atoms with Crippen molar-refractivity contribution in [2.75, 3.05) is 23.8 Å². The lowest BCUT2D eigenvalue weighted by Crippen LogP contribution is -2.39. The molecule has 2 aliphatic rings. The number of nitrogens with one attached hydrogen (secondary N) is 2. The molecule has 0 unspecified atom stereocenters. The first kappa shape index (κ1) is 24.9. The van der Waals surface area contributed by atoms with Crippen LogP contribution in [0, 0.1) is 11.7 Å². The van der Waals surface area contributed by atoms with Gasteiger partial charge in [-0.3, -0.25) is 9.36 Å². The molecule has 1 aliphatic carbocycles. The molecular weight excluding hydrogens is 515 g/mol. The molecule has 3 heterocycles. The second-order valence-corrected chi connectivity index (χ2v) is 9.96. The van der Waals surface area contributed by atoms with Gasteiger partial charge in [-0.25, -0.2) is 18.7 Å². The lowest BCUT2D eigenvalue weighted by molar-refractivity contribution is -0.122. The molecule has 1 saturated carbocycles. The maximum atomic E-state index is 14.7. The molecule has 2 aromatic heterocycles. The Hall–Kier alpha value is -2.76. The number of anilines is 3. The zero-order valence-electron chi connectivity index (χ0n) is 19.2. The number of fused-ring (bicyclic) bond motifs is 1. The van der Waals surface area contributed by atoms with Crippen LogP contribution in [0.5, 0.6) is 0 Å². The molecule has 36 heavy (non-hydrogen) atoms. The number of hydrogen-bond donors (Lipinski definition) is 3. The largest absolute Gasteiger partial charge is 0.378 e. The number of amides is 1. The quantitative estimate of drug-likeness (QED) is 0.412. The fraction of sp³-hybridized carbons (Fsp3) is 0.478. The van der Waals surface area contributed by atoms with Gasteiger partial charge in [-0.1, -0.05) is 23.2 Å². The highest BCUT2D eigenvalue weighted by Gasteiger charge is 2.30. The predicted molar refractivity (Wildman–Crippen MR) is 133 cm³/mol. The molecule has 0 spiro atoms. The first-order valence-corrected chi connectivity index (χ1v) is 12.5. The van der Waals surface area contributed by atoms with Crippen molar-refractivity contribution in [2.45, 2.75) is 50.4 Å². The van der Waals surface area contributed by atoms with E-state index in [1.165, 1.54) is 12.3 Å². The number of carbonyl (C=O) groups excluding carboxylic acids is 1. The topological polar surface area (TPSA) is 120 Å². The first-order valence-electron chi connectivity index (χ1n) is 11.7. The van der Waals surface area contributed by atoms with Crippen LogP contribution in [0.3, 0.4) is 0 Å².